The molecular formula is C17H24N4O2S. The first-order valence-electron chi connectivity index (χ1n) is 8.67. The fourth-order valence-electron chi connectivity index (χ4n) is 3.49. The van der Waals surface area contributed by atoms with Crippen molar-refractivity contribution in [3.05, 3.63) is 18.5 Å². The molecule has 1 saturated heterocycles. The van der Waals surface area contributed by atoms with Crippen molar-refractivity contribution in [2.75, 3.05) is 18.8 Å². The molecule has 7 heteroatoms. The minimum Gasteiger partial charge on any atom is -0.350 e. The van der Waals surface area contributed by atoms with Gasteiger partial charge >= 0.3 is 0 Å². The van der Waals surface area contributed by atoms with Gasteiger partial charge in [-0.3, -0.25) is 9.59 Å². The average Bonchev–Trinajstić information content (AvgIpc) is 2.94. The lowest BCUT2D eigenvalue weighted by Crippen LogP contribution is -2.39. The van der Waals surface area contributed by atoms with Crippen LogP contribution in [-0.2, 0) is 9.59 Å². The predicted octanol–water partition coefficient (Wildman–Crippen LogP) is 1.87. The molecule has 1 aliphatic heterocycles. The molecule has 1 atom stereocenters. The summed E-state index contributed by atoms with van der Waals surface area (Å²) < 4.78 is 0. The maximum Gasteiger partial charge on any atom is 0.230 e. The Morgan fingerprint density at radius 1 is 1.25 bits per heavy atom. The fraction of sp³-hybridized carbons (Fsp3) is 0.647. The number of nitrogens with one attached hydrogen (secondary N) is 1. The minimum atomic E-state index is -0.0650. The Bertz CT molecular complexity index is 563. The van der Waals surface area contributed by atoms with Gasteiger partial charge in [0.25, 0.3) is 0 Å². The van der Waals surface area contributed by atoms with Crippen molar-refractivity contribution < 1.29 is 9.59 Å². The van der Waals surface area contributed by atoms with Gasteiger partial charge in [0.1, 0.15) is 0 Å². The smallest absolute Gasteiger partial charge is 0.230 e. The minimum absolute atomic E-state index is 0.0640. The van der Waals surface area contributed by atoms with Crippen LogP contribution in [0.5, 0.6) is 0 Å². The number of thioether (sulfide) groups is 1. The second-order valence-electron chi connectivity index (χ2n) is 6.59. The Labute approximate surface area is 146 Å². The van der Waals surface area contributed by atoms with Crippen LogP contribution in [0.2, 0.25) is 0 Å². The molecule has 0 unspecified atom stereocenters. The van der Waals surface area contributed by atoms with Crippen LogP contribution in [0.1, 0.15) is 38.5 Å². The third kappa shape index (κ3) is 4.93. The van der Waals surface area contributed by atoms with Crippen LogP contribution in [-0.4, -0.2) is 51.6 Å². The van der Waals surface area contributed by atoms with Crippen molar-refractivity contribution in [2.24, 2.45) is 5.92 Å². The van der Waals surface area contributed by atoms with Gasteiger partial charge in [0.2, 0.25) is 11.8 Å². The monoisotopic (exact) mass is 348 g/mol. The van der Waals surface area contributed by atoms with Gasteiger partial charge in [-0.1, -0.05) is 31.0 Å². The van der Waals surface area contributed by atoms with E-state index in [9.17, 15) is 9.59 Å². The lowest BCUT2D eigenvalue weighted by atomic mass is 9.89. The third-order valence-corrected chi connectivity index (χ3v) is 5.53. The number of hydrogen-bond donors (Lipinski definition) is 1. The summed E-state index contributed by atoms with van der Waals surface area (Å²) in [5.74, 6) is 1.02. The first-order valence-corrected chi connectivity index (χ1v) is 9.66. The van der Waals surface area contributed by atoms with Crippen LogP contribution >= 0.6 is 11.8 Å². The van der Waals surface area contributed by atoms with Crippen LogP contribution in [0.4, 0.5) is 0 Å². The molecule has 0 spiro atoms. The van der Waals surface area contributed by atoms with E-state index in [1.54, 1.807) is 18.5 Å². The van der Waals surface area contributed by atoms with Crippen molar-refractivity contribution in [3.63, 3.8) is 0 Å². The molecule has 3 rings (SSSR count). The standard InChI is InChI=1S/C17H24N4O2S/c22-15(12-24-17-18-7-4-8-19-17)20-14-9-16(23)21(11-14)10-13-5-2-1-3-6-13/h4,7-8,13-14H,1-3,5-6,9-12H2,(H,20,22)/t14-/m0/s1. The Balaban J connectivity index is 1.41. The van der Waals surface area contributed by atoms with E-state index in [1.807, 2.05) is 4.90 Å². The van der Waals surface area contributed by atoms with Gasteiger partial charge < -0.3 is 10.2 Å². The van der Waals surface area contributed by atoms with E-state index in [-0.39, 0.29) is 23.6 Å². The molecule has 0 aromatic carbocycles. The molecule has 2 amide bonds. The number of carbonyl (C=O) groups is 2. The SMILES string of the molecule is O=C(CSc1ncccn1)N[C@H]1CC(=O)N(CC2CCCCC2)C1. The molecule has 24 heavy (non-hydrogen) atoms. The van der Waals surface area contributed by atoms with Gasteiger partial charge in [0.05, 0.1) is 11.8 Å². The summed E-state index contributed by atoms with van der Waals surface area (Å²) in [6, 6.07) is 1.68. The number of amides is 2. The van der Waals surface area contributed by atoms with Gasteiger partial charge in [0, 0.05) is 31.9 Å². The highest BCUT2D eigenvalue weighted by Gasteiger charge is 2.32. The number of aromatic nitrogens is 2. The van der Waals surface area contributed by atoms with Crippen molar-refractivity contribution in [3.8, 4) is 0 Å². The van der Waals surface area contributed by atoms with Crippen LogP contribution in [0.3, 0.4) is 0 Å². The molecule has 6 nitrogen and oxygen atoms in total. The average molecular weight is 348 g/mol. The molecule has 1 aromatic heterocycles. The second kappa shape index (κ2) is 8.46. The lowest BCUT2D eigenvalue weighted by Gasteiger charge is -2.27. The van der Waals surface area contributed by atoms with Crippen molar-refractivity contribution in [1.29, 1.82) is 0 Å². The van der Waals surface area contributed by atoms with E-state index >= 15 is 0 Å². The maximum absolute atomic E-state index is 12.2. The summed E-state index contributed by atoms with van der Waals surface area (Å²) in [7, 11) is 0. The van der Waals surface area contributed by atoms with E-state index in [4.69, 9.17) is 0 Å². The first kappa shape index (κ1) is 17.2. The summed E-state index contributed by atoms with van der Waals surface area (Å²) in [5.41, 5.74) is 0. The molecule has 0 bridgehead atoms. The molecule has 2 heterocycles. The topological polar surface area (TPSA) is 75.2 Å². The Morgan fingerprint density at radius 3 is 2.75 bits per heavy atom. The Hall–Kier alpha value is -1.63. The normalized spacial score (nSPS) is 21.9. The summed E-state index contributed by atoms with van der Waals surface area (Å²) in [5, 5.41) is 3.56. The summed E-state index contributed by atoms with van der Waals surface area (Å²) in [6.45, 7) is 1.51. The number of rotatable bonds is 6. The molecular weight excluding hydrogens is 324 g/mol. The quantitative estimate of drug-likeness (QED) is 0.627. The van der Waals surface area contributed by atoms with Gasteiger partial charge in [-0.05, 0) is 24.8 Å². The van der Waals surface area contributed by atoms with E-state index in [1.165, 1.54) is 43.9 Å². The molecule has 1 N–H and O–H groups in total. The van der Waals surface area contributed by atoms with Gasteiger partial charge in [0.15, 0.2) is 5.16 Å². The van der Waals surface area contributed by atoms with Crippen LogP contribution in [0.25, 0.3) is 0 Å². The molecule has 2 fully saturated rings. The van der Waals surface area contributed by atoms with E-state index in [2.05, 4.69) is 15.3 Å². The summed E-state index contributed by atoms with van der Waals surface area (Å²) >= 11 is 1.31. The van der Waals surface area contributed by atoms with Crippen molar-refractivity contribution in [1.82, 2.24) is 20.2 Å². The molecule has 1 aliphatic carbocycles. The Morgan fingerprint density at radius 2 is 2.00 bits per heavy atom. The first-order chi connectivity index (χ1) is 11.7. The van der Waals surface area contributed by atoms with Crippen molar-refractivity contribution in [2.45, 2.75) is 49.7 Å². The zero-order chi connectivity index (χ0) is 16.8. The second-order valence-corrected chi connectivity index (χ2v) is 7.53. The highest BCUT2D eigenvalue weighted by atomic mass is 32.2. The van der Waals surface area contributed by atoms with Crippen molar-refractivity contribution >= 4 is 23.6 Å². The summed E-state index contributed by atoms with van der Waals surface area (Å²) in [4.78, 5) is 34.3. The van der Waals surface area contributed by atoms with Crippen LogP contribution < -0.4 is 5.32 Å². The molecule has 130 valence electrons. The highest BCUT2D eigenvalue weighted by Crippen LogP contribution is 2.26. The zero-order valence-corrected chi connectivity index (χ0v) is 14.6. The van der Waals surface area contributed by atoms with Gasteiger partial charge in [-0.2, -0.15) is 0 Å². The van der Waals surface area contributed by atoms with Crippen LogP contribution in [0, 0.1) is 5.92 Å². The van der Waals surface area contributed by atoms with E-state index in [0.29, 0.717) is 24.0 Å². The van der Waals surface area contributed by atoms with E-state index < -0.39 is 0 Å². The highest BCUT2D eigenvalue weighted by molar-refractivity contribution is 7.99. The number of likely N-dealkylation sites (tertiary alicyclic amines) is 1. The number of nitrogens with zero attached hydrogens (tertiary/aromatic N) is 3. The zero-order valence-electron chi connectivity index (χ0n) is 13.8. The maximum atomic E-state index is 12.2. The Kier molecular flexibility index (Phi) is 6.07. The third-order valence-electron chi connectivity index (χ3n) is 4.66. The van der Waals surface area contributed by atoms with Gasteiger partial charge in [-0.15, -0.1) is 0 Å². The summed E-state index contributed by atoms with van der Waals surface area (Å²) in [6.07, 6.45) is 10.1. The number of carbonyl (C=O) groups excluding carboxylic acids is 2. The van der Waals surface area contributed by atoms with E-state index in [0.717, 1.165) is 6.54 Å². The largest absolute Gasteiger partial charge is 0.350 e. The molecule has 1 saturated carbocycles. The predicted molar refractivity (Wildman–Crippen MR) is 92.5 cm³/mol. The van der Waals surface area contributed by atoms with Crippen LogP contribution in [0.15, 0.2) is 23.6 Å². The lowest BCUT2D eigenvalue weighted by molar-refractivity contribution is -0.128. The fourth-order valence-corrected chi connectivity index (χ4v) is 4.10. The van der Waals surface area contributed by atoms with Gasteiger partial charge in [-0.25, -0.2) is 9.97 Å². The molecule has 0 radical (unpaired) electrons. The molecule has 2 aliphatic rings. The molecule has 1 aromatic rings. The number of hydrogen-bond acceptors (Lipinski definition) is 5.